The lowest BCUT2D eigenvalue weighted by Crippen LogP contribution is -2.35. The second-order valence-corrected chi connectivity index (χ2v) is 4.70. The van der Waals surface area contributed by atoms with Gasteiger partial charge in [0.15, 0.2) is 0 Å². The van der Waals surface area contributed by atoms with E-state index in [0.717, 1.165) is 4.47 Å². The summed E-state index contributed by atoms with van der Waals surface area (Å²) in [6, 6.07) is 4.41. The zero-order valence-electron chi connectivity index (χ0n) is 9.31. The lowest BCUT2D eigenvalue weighted by molar-refractivity contribution is -0.120. The highest BCUT2D eigenvalue weighted by molar-refractivity contribution is 9.10. The Hall–Kier alpha value is -1.27. The van der Waals surface area contributed by atoms with Gasteiger partial charge in [-0.2, -0.15) is 0 Å². The molecule has 1 aromatic rings. The maximum Gasteiger partial charge on any atom is 0.239 e. The number of nitrogens with zero attached hydrogens (tertiary/aromatic N) is 3. The van der Waals surface area contributed by atoms with Crippen molar-refractivity contribution in [1.82, 2.24) is 5.32 Å². The summed E-state index contributed by atoms with van der Waals surface area (Å²) >= 11 is 9.22. The van der Waals surface area contributed by atoms with Gasteiger partial charge in [-0.25, -0.2) is 0 Å². The van der Waals surface area contributed by atoms with Crippen LogP contribution in [0.4, 0.5) is 0 Å². The van der Waals surface area contributed by atoms with Crippen LogP contribution in [-0.4, -0.2) is 19.0 Å². The number of rotatable bonds is 6. The van der Waals surface area contributed by atoms with Gasteiger partial charge in [0.25, 0.3) is 0 Å². The largest absolute Gasteiger partial charge is 0.368 e. The molecule has 96 valence electrons. The number of hydrogen-bond acceptors (Lipinski definition) is 3. The van der Waals surface area contributed by atoms with E-state index in [1.807, 2.05) is 0 Å². The number of hydrogen-bond donors (Lipinski definition) is 2. The van der Waals surface area contributed by atoms with E-state index in [9.17, 15) is 4.79 Å². The SMILES string of the molecule is [N-]=[N+]=NCCNC(C(N)=O)c1cc(Cl)ccc1Br. The molecule has 0 aliphatic carbocycles. The van der Waals surface area contributed by atoms with Crippen LogP contribution >= 0.6 is 27.5 Å². The van der Waals surface area contributed by atoms with Crippen LogP contribution in [0.25, 0.3) is 10.4 Å². The first-order chi connectivity index (χ1) is 8.56. The van der Waals surface area contributed by atoms with Crippen LogP contribution in [0.3, 0.4) is 0 Å². The monoisotopic (exact) mass is 331 g/mol. The summed E-state index contributed by atoms with van der Waals surface area (Å²) in [5, 5.41) is 6.79. The zero-order chi connectivity index (χ0) is 13.5. The van der Waals surface area contributed by atoms with Crippen molar-refractivity contribution in [2.75, 3.05) is 13.1 Å². The molecule has 0 aliphatic heterocycles. The first kappa shape index (κ1) is 14.8. The summed E-state index contributed by atoms with van der Waals surface area (Å²) in [6.45, 7) is 0.578. The topological polar surface area (TPSA) is 104 Å². The highest BCUT2D eigenvalue weighted by Crippen LogP contribution is 2.26. The molecule has 8 heteroatoms. The summed E-state index contributed by atoms with van der Waals surface area (Å²) < 4.78 is 0.729. The van der Waals surface area contributed by atoms with E-state index < -0.39 is 11.9 Å². The molecule has 0 saturated heterocycles. The molecule has 1 atom stereocenters. The van der Waals surface area contributed by atoms with Crippen molar-refractivity contribution in [2.24, 2.45) is 10.8 Å². The van der Waals surface area contributed by atoms with Crippen molar-refractivity contribution >= 4 is 33.4 Å². The van der Waals surface area contributed by atoms with E-state index in [-0.39, 0.29) is 6.54 Å². The molecule has 0 aliphatic rings. The van der Waals surface area contributed by atoms with Crippen LogP contribution in [0.15, 0.2) is 27.8 Å². The van der Waals surface area contributed by atoms with Gasteiger partial charge in [0.2, 0.25) is 5.91 Å². The number of amides is 1. The number of benzene rings is 1. The van der Waals surface area contributed by atoms with Crippen molar-refractivity contribution in [2.45, 2.75) is 6.04 Å². The molecule has 18 heavy (non-hydrogen) atoms. The molecular formula is C10H11BrClN5O. The fourth-order valence-corrected chi connectivity index (χ4v) is 2.06. The fraction of sp³-hybridized carbons (Fsp3) is 0.300. The Morgan fingerprint density at radius 2 is 2.39 bits per heavy atom. The van der Waals surface area contributed by atoms with E-state index in [1.54, 1.807) is 18.2 Å². The van der Waals surface area contributed by atoms with Gasteiger partial charge in [-0.3, -0.25) is 4.79 Å². The quantitative estimate of drug-likeness (QED) is 0.362. The normalized spacial score (nSPS) is 11.7. The lowest BCUT2D eigenvalue weighted by atomic mass is 10.1. The predicted octanol–water partition coefficient (Wildman–Crippen LogP) is 2.53. The van der Waals surface area contributed by atoms with Crippen molar-refractivity contribution in [3.63, 3.8) is 0 Å². The number of primary amides is 1. The summed E-state index contributed by atoms with van der Waals surface area (Å²) in [5.41, 5.74) is 14.1. The highest BCUT2D eigenvalue weighted by atomic mass is 79.9. The van der Waals surface area contributed by atoms with Crippen LogP contribution in [0, 0.1) is 0 Å². The van der Waals surface area contributed by atoms with E-state index in [0.29, 0.717) is 17.1 Å². The van der Waals surface area contributed by atoms with Gasteiger partial charge in [0.05, 0.1) is 0 Å². The zero-order valence-corrected chi connectivity index (χ0v) is 11.6. The van der Waals surface area contributed by atoms with Crippen LogP contribution in [0.2, 0.25) is 5.02 Å². The molecule has 0 saturated carbocycles. The molecule has 0 aromatic heterocycles. The molecule has 1 unspecified atom stereocenters. The second kappa shape index (κ2) is 7.23. The van der Waals surface area contributed by atoms with Gasteiger partial charge in [0.1, 0.15) is 6.04 Å². The summed E-state index contributed by atoms with van der Waals surface area (Å²) in [4.78, 5) is 14.0. The van der Waals surface area contributed by atoms with Crippen molar-refractivity contribution in [1.29, 1.82) is 0 Å². The van der Waals surface area contributed by atoms with Crippen LogP contribution < -0.4 is 11.1 Å². The average Bonchev–Trinajstić information content (AvgIpc) is 2.32. The van der Waals surface area contributed by atoms with Crippen LogP contribution in [-0.2, 0) is 4.79 Å². The number of nitrogens with two attached hydrogens (primary N) is 1. The van der Waals surface area contributed by atoms with Crippen molar-refractivity contribution in [3.8, 4) is 0 Å². The molecule has 1 aromatic carbocycles. The Labute approximate surface area is 117 Å². The molecular weight excluding hydrogens is 322 g/mol. The standard InChI is InChI=1S/C10H11BrClN5O/c11-8-2-1-6(12)5-7(8)9(10(13)18)15-3-4-16-17-14/h1-2,5,9,15H,3-4H2,(H2,13,18). The summed E-state index contributed by atoms with van der Waals surface area (Å²) in [7, 11) is 0. The van der Waals surface area contributed by atoms with Gasteiger partial charge in [0, 0.05) is 27.5 Å². The van der Waals surface area contributed by atoms with Crippen LogP contribution in [0.1, 0.15) is 11.6 Å². The third-order valence-corrected chi connectivity index (χ3v) is 3.13. The molecule has 0 radical (unpaired) electrons. The van der Waals surface area contributed by atoms with Gasteiger partial charge in [-0.05, 0) is 29.3 Å². The number of carbonyl (C=O) groups is 1. The molecule has 1 rings (SSSR count). The highest BCUT2D eigenvalue weighted by Gasteiger charge is 2.19. The Kier molecular flexibility index (Phi) is 5.94. The fourth-order valence-electron chi connectivity index (χ4n) is 1.40. The molecule has 0 fully saturated rings. The van der Waals surface area contributed by atoms with E-state index >= 15 is 0 Å². The van der Waals surface area contributed by atoms with E-state index in [1.165, 1.54) is 0 Å². The molecule has 0 bridgehead atoms. The minimum Gasteiger partial charge on any atom is -0.368 e. The number of nitrogens with one attached hydrogen (secondary N) is 1. The maximum absolute atomic E-state index is 11.4. The first-order valence-electron chi connectivity index (χ1n) is 5.04. The molecule has 0 heterocycles. The minimum absolute atomic E-state index is 0.235. The van der Waals surface area contributed by atoms with E-state index in [4.69, 9.17) is 22.9 Å². The summed E-state index contributed by atoms with van der Waals surface area (Å²) in [5.74, 6) is -0.529. The third-order valence-electron chi connectivity index (χ3n) is 2.18. The second-order valence-electron chi connectivity index (χ2n) is 3.41. The number of halogens is 2. The van der Waals surface area contributed by atoms with Gasteiger partial charge < -0.3 is 11.1 Å². The molecule has 0 spiro atoms. The molecule has 3 N–H and O–H groups in total. The molecule has 6 nitrogen and oxygen atoms in total. The van der Waals surface area contributed by atoms with Crippen molar-refractivity contribution in [3.05, 3.63) is 43.7 Å². The van der Waals surface area contributed by atoms with Gasteiger partial charge in [-0.1, -0.05) is 32.6 Å². The van der Waals surface area contributed by atoms with Crippen molar-refractivity contribution < 1.29 is 4.79 Å². The Bertz CT molecular complexity index is 489. The Balaban J connectivity index is 2.87. The number of carbonyl (C=O) groups excluding carboxylic acids is 1. The van der Waals surface area contributed by atoms with Gasteiger partial charge >= 0.3 is 0 Å². The summed E-state index contributed by atoms with van der Waals surface area (Å²) in [6.07, 6.45) is 0. The van der Waals surface area contributed by atoms with Gasteiger partial charge in [-0.15, -0.1) is 0 Å². The van der Waals surface area contributed by atoms with E-state index in [2.05, 4.69) is 31.3 Å². The molecule has 1 amide bonds. The lowest BCUT2D eigenvalue weighted by Gasteiger charge is -2.17. The average molecular weight is 333 g/mol. The third kappa shape index (κ3) is 4.19. The Morgan fingerprint density at radius 1 is 1.67 bits per heavy atom. The maximum atomic E-state index is 11.4. The Morgan fingerprint density at radius 3 is 3.00 bits per heavy atom. The first-order valence-corrected chi connectivity index (χ1v) is 6.22. The number of azide groups is 1. The predicted molar refractivity (Wildman–Crippen MR) is 73.1 cm³/mol. The smallest absolute Gasteiger partial charge is 0.239 e. The van der Waals surface area contributed by atoms with Crippen LogP contribution in [0.5, 0.6) is 0 Å². The minimum atomic E-state index is -0.688.